The lowest BCUT2D eigenvalue weighted by Gasteiger charge is -2.32. The number of aromatic amines is 1. The zero-order chi connectivity index (χ0) is 19.8. The van der Waals surface area contributed by atoms with E-state index in [1.54, 1.807) is 6.92 Å². The highest BCUT2D eigenvalue weighted by Crippen LogP contribution is 2.27. The predicted molar refractivity (Wildman–Crippen MR) is 105 cm³/mol. The molecule has 1 fully saturated rings. The van der Waals surface area contributed by atoms with Crippen molar-refractivity contribution in [2.45, 2.75) is 38.8 Å². The summed E-state index contributed by atoms with van der Waals surface area (Å²) in [4.78, 5) is 24.8. The largest absolute Gasteiger partial charge is 0.381 e. The minimum absolute atomic E-state index is 0.0973. The Labute approximate surface area is 167 Å². The molecule has 2 aliphatic rings. The number of anilines is 1. The average molecular weight is 394 g/mol. The van der Waals surface area contributed by atoms with Crippen molar-refractivity contribution < 1.29 is 9.26 Å². The lowest BCUT2D eigenvalue weighted by Crippen LogP contribution is -2.45. The van der Waals surface area contributed by atoms with Gasteiger partial charge in [0.1, 0.15) is 5.82 Å². The van der Waals surface area contributed by atoms with E-state index in [1.165, 1.54) is 0 Å². The van der Waals surface area contributed by atoms with Crippen molar-refractivity contribution in [1.82, 2.24) is 25.5 Å². The highest BCUT2D eigenvalue weighted by molar-refractivity contribution is 5.60. The van der Waals surface area contributed by atoms with Crippen LogP contribution in [0.4, 0.5) is 5.82 Å². The summed E-state index contributed by atoms with van der Waals surface area (Å²) in [6.45, 7) is 3.71. The Kier molecular flexibility index (Phi) is 4.61. The van der Waals surface area contributed by atoms with Crippen molar-refractivity contribution in [3.8, 4) is 11.4 Å². The van der Waals surface area contributed by atoms with Gasteiger partial charge in [0.2, 0.25) is 11.7 Å². The molecule has 0 unspecified atom stereocenters. The molecule has 2 N–H and O–H groups in total. The first-order chi connectivity index (χ1) is 14.2. The number of H-pyrrole nitrogens is 1. The fraction of sp³-hybridized carbons (Fsp3) is 0.400. The zero-order valence-electron chi connectivity index (χ0n) is 16.1. The number of nitrogens with zero attached hydrogens (tertiary/aromatic N) is 4. The van der Waals surface area contributed by atoms with Crippen LogP contribution >= 0.6 is 0 Å². The van der Waals surface area contributed by atoms with Crippen LogP contribution in [0.5, 0.6) is 0 Å². The van der Waals surface area contributed by atoms with E-state index in [4.69, 9.17) is 14.2 Å². The molecule has 9 heteroatoms. The fourth-order valence-corrected chi connectivity index (χ4v) is 3.94. The van der Waals surface area contributed by atoms with Gasteiger partial charge in [-0.15, -0.1) is 0 Å². The molecule has 5 rings (SSSR count). The molecule has 9 nitrogen and oxygen atoms in total. The smallest absolute Gasteiger partial charge is 0.257 e. The van der Waals surface area contributed by atoms with Gasteiger partial charge in [0.15, 0.2) is 5.82 Å². The fourth-order valence-electron chi connectivity index (χ4n) is 3.94. The standard InChI is InChI=1S/C20H22N6O3/c1-12-22-18(25-29-12)15-5-3-2-4-13(15)10-17-23-19-16(20(27)24-17)11-21-26(19)14-6-8-28-9-7-14/h2-5,14,21H,6-11H2,1H3,(H,23,24,27). The van der Waals surface area contributed by atoms with Crippen LogP contribution in [0.1, 0.15) is 35.7 Å². The Morgan fingerprint density at radius 2 is 2.03 bits per heavy atom. The van der Waals surface area contributed by atoms with Crippen LogP contribution in [0.25, 0.3) is 11.4 Å². The molecule has 0 aliphatic carbocycles. The second-order valence-electron chi connectivity index (χ2n) is 7.33. The van der Waals surface area contributed by atoms with Gasteiger partial charge in [-0.25, -0.2) is 10.4 Å². The molecular weight excluding hydrogens is 372 g/mol. The summed E-state index contributed by atoms with van der Waals surface area (Å²) in [5.74, 6) is 2.38. The summed E-state index contributed by atoms with van der Waals surface area (Å²) in [6.07, 6.45) is 2.29. The van der Waals surface area contributed by atoms with Gasteiger partial charge in [-0.05, 0) is 18.4 Å². The second kappa shape index (κ2) is 7.41. The number of hydrazine groups is 1. The van der Waals surface area contributed by atoms with Crippen molar-refractivity contribution in [2.75, 3.05) is 18.2 Å². The number of aryl methyl sites for hydroxylation is 1. The van der Waals surface area contributed by atoms with Crippen molar-refractivity contribution in [1.29, 1.82) is 0 Å². The Bertz CT molecular complexity index is 1090. The molecule has 29 heavy (non-hydrogen) atoms. The molecule has 2 aliphatic heterocycles. The van der Waals surface area contributed by atoms with E-state index >= 15 is 0 Å². The highest BCUT2D eigenvalue weighted by atomic mass is 16.5. The van der Waals surface area contributed by atoms with E-state index in [0.29, 0.717) is 36.1 Å². The minimum Gasteiger partial charge on any atom is -0.381 e. The first-order valence-electron chi connectivity index (χ1n) is 9.80. The topological polar surface area (TPSA) is 109 Å². The van der Waals surface area contributed by atoms with E-state index in [-0.39, 0.29) is 11.6 Å². The van der Waals surface area contributed by atoms with E-state index in [9.17, 15) is 4.79 Å². The van der Waals surface area contributed by atoms with Crippen LogP contribution < -0.4 is 16.0 Å². The van der Waals surface area contributed by atoms with Gasteiger partial charge in [0, 0.05) is 38.7 Å². The molecule has 0 bridgehead atoms. The van der Waals surface area contributed by atoms with Crippen LogP contribution in [-0.4, -0.2) is 39.4 Å². The van der Waals surface area contributed by atoms with Gasteiger partial charge in [0.05, 0.1) is 11.6 Å². The van der Waals surface area contributed by atoms with Crippen LogP contribution in [-0.2, 0) is 17.7 Å². The molecule has 150 valence electrons. The van der Waals surface area contributed by atoms with Crippen molar-refractivity contribution >= 4 is 5.82 Å². The Morgan fingerprint density at radius 1 is 1.21 bits per heavy atom. The number of ether oxygens (including phenoxy) is 1. The van der Waals surface area contributed by atoms with Crippen LogP contribution in [0.15, 0.2) is 33.6 Å². The summed E-state index contributed by atoms with van der Waals surface area (Å²) >= 11 is 0. The van der Waals surface area contributed by atoms with Gasteiger partial charge in [-0.2, -0.15) is 4.98 Å². The van der Waals surface area contributed by atoms with E-state index in [2.05, 4.69) is 20.6 Å². The number of nitrogens with one attached hydrogen (secondary N) is 2. The Hall–Kier alpha value is -3.04. The Balaban J connectivity index is 1.48. The maximum Gasteiger partial charge on any atom is 0.257 e. The molecule has 0 amide bonds. The summed E-state index contributed by atoms with van der Waals surface area (Å²) in [5.41, 5.74) is 5.75. The number of hydrogen-bond donors (Lipinski definition) is 2. The van der Waals surface area contributed by atoms with Gasteiger partial charge in [0.25, 0.3) is 5.56 Å². The monoisotopic (exact) mass is 394 g/mol. The summed E-state index contributed by atoms with van der Waals surface area (Å²) in [6, 6.07) is 8.10. The number of hydrogen-bond acceptors (Lipinski definition) is 8. The first kappa shape index (κ1) is 18.0. The van der Waals surface area contributed by atoms with E-state index in [1.807, 2.05) is 29.3 Å². The third kappa shape index (κ3) is 3.43. The summed E-state index contributed by atoms with van der Waals surface area (Å²) in [7, 11) is 0. The molecule has 3 aromatic rings. The van der Waals surface area contributed by atoms with Crippen LogP contribution in [0.3, 0.4) is 0 Å². The summed E-state index contributed by atoms with van der Waals surface area (Å²) < 4.78 is 10.6. The van der Waals surface area contributed by atoms with Crippen LogP contribution in [0, 0.1) is 6.92 Å². The maximum atomic E-state index is 12.7. The normalized spacial score (nSPS) is 16.9. The minimum atomic E-state index is -0.0973. The molecule has 1 saturated heterocycles. The van der Waals surface area contributed by atoms with Gasteiger partial charge in [-0.1, -0.05) is 29.4 Å². The molecule has 0 radical (unpaired) electrons. The van der Waals surface area contributed by atoms with Gasteiger partial charge < -0.3 is 14.2 Å². The maximum absolute atomic E-state index is 12.7. The summed E-state index contributed by atoms with van der Waals surface area (Å²) in [5, 5.41) is 6.08. The van der Waals surface area contributed by atoms with E-state index < -0.39 is 0 Å². The third-order valence-electron chi connectivity index (χ3n) is 5.40. The molecule has 2 aromatic heterocycles. The molecule has 1 aromatic carbocycles. The molecule has 4 heterocycles. The number of fused-ring (bicyclic) bond motifs is 1. The van der Waals surface area contributed by atoms with E-state index in [0.717, 1.165) is 43.0 Å². The predicted octanol–water partition coefficient (Wildman–Crippen LogP) is 1.72. The number of benzene rings is 1. The number of aromatic nitrogens is 4. The van der Waals surface area contributed by atoms with Crippen molar-refractivity contribution in [3.63, 3.8) is 0 Å². The van der Waals surface area contributed by atoms with Crippen LogP contribution in [0.2, 0.25) is 0 Å². The number of rotatable bonds is 4. The molecular formula is C20H22N6O3. The molecule has 0 spiro atoms. The SMILES string of the molecule is Cc1nc(-c2ccccc2Cc2nc3c(c(=O)[nH]2)CNN3C2CCOCC2)no1. The quantitative estimate of drug-likeness (QED) is 0.689. The first-order valence-corrected chi connectivity index (χ1v) is 9.80. The lowest BCUT2D eigenvalue weighted by atomic mass is 10.0. The second-order valence-corrected chi connectivity index (χ2v) is 7.33. The third-order valence-corrected chi connectivity index (χ3v) is 5.40. The van der Waals surface area contributed by atoms with Crippen molar-refractivity contribution in [3.05, 3.63) is 57.5 Å². The zero-order valence-corrected chi connectivity index (χ0v) is 16.1. The average Bonchev–Trinajstić information content (AvgIpc) is 3.36. The van der Waals surface area contributed by atoms with Gasteiger partial charge in [-0.3, -0.25) is 9.80 Å². The highest BCUT2D eigenvalue weighted by Gasteiger charge is 2.31. The molecule has 0 saturated carbocycles. The molecule has 0 atom stereocenters. The Morgan fingerprint density at radius 3 is 2.83 bits per heavy atom. The lowest BCUT2D eigenvalue weighted by molar-refractivity contribution is 0.0825. The van der Waals surface area contributed by atoms with Gasteiger partial charge >= 0.3 is 0 Å². The van der Waals surface area contributed by atoms with Crippen molar-refractivity contribution in [2.24, 2.45) is 0 Å².